The summed E-state index contributed by atoms with van der Waals surface area (Å²) in [6, 6.07) is 1.22. The number of pyridine rings is 1. The Morgan fingerprint density at radius 1 is 1.48 bits per heavy atom. The quantitative estimate of drug-likeness (QED) is 0.943. The number of nitrogens with one attached hydrogen (secondary N) is 1. The van der Waals surface area contributed by atoms with Gasteiger partial charge in [-0.2, -0.15) is 0 Å². The van der Waals surface area contributed by atoms with Gasteiger partial charge in [0.05, 0.1) is 22.3 Å². The lowest BCUT2D eigenvalue weighted by Crippen LogP contribution is -2.30. The van der Waals surface area contributed by atoms with Crippen molar-refractivity contribution < 1.29 is 4.79 Å². The molecule has 1 unspecified atom stereocenters. The standard InChI is InChI=1S/C14H16ClN3O2S/c1-7(12-8(2)21-9(3)17-12)18(4)14(20)10-5-11(15)13(19)16-6-10/h5-7H,1-4H3,(H,16,19). The number of carbonyl (C=O) groups is 1. The van der Waals surface area contributed by atoms with Crippen LogP contribution in [0.3, 0.4) is 0 Å². The summed E-state index contributed by atoms with van der Waals surface area (Å²) in [7, 11) is 1.71. The van der Waals surface area contributed by atoms with Crippen LogP contribution in [0.4, 0.5) is 0 Å². The normalized spacial score (nSPS) is 12.2. The molecule has 21 heavy (non-hydrogen) atoms. The Hall–Kier alpha value is -1.66. The van der Waals surface area contributed by atoms with E-state index < -0.39 is 5.56 Å². The number of hydrogen-bond acceptors (Lipinski definition) is 4. The third kappa shape index (κ3) is 3.16. The minimum atomic E-state index is -0.408. The van der Waals surface area contributed by atoms with Gasteiger partial charge in [-0.05, 0) is 26.8 Å². The second-order valence-corrected chi connectivity index (χ2v) is 6.65. The van der Waals surface area contributed by atoms with E-state index >= 15 is 0 Å². The number of rotatable bonds is 3. The zero-order valence-electron chi connectivity index (χ0n) is 12.2. The van der Waals surface area contributed by atoms with Gasteiger partial charge in [-0.1, -0.05) is 11.6 Å². The van der Waals surface area contributed by atoms with Crippen molar-refractivity contribution in [1.82, 2.24) is 14.9 Å². The molecular formula is C14H16ClN3O2S. The Kier molecular flexibility index (Phi) is 4.49. The van der Waals surface area contributed by atoms with Gasteiger partial charge in [-0.25, -0.2) is 4.98 Å². The first kappa shape index (κ1) is 15.7. The van der Waals surface area contributed by atoms with Gasteiger partial charge in [0.15, 0.2) is 0 Å². The third-order valence-corrected chi connectivity index (χ3v) is 4.52. The fraction of sp³-hybridized carbons (Fsp3) is 0.357. The van der Waals surface area contributed by atoms with Gasteiger partial charge in [0.1, 0.15) is 5.02 Å². The van der Waals surface area contributed by atoms with Crippen LogP contribution < -0.4 is 5.56 Å². The smallest absolute Gasteiger partial charge is 0.266 e. The summed E-state index contributed by atoms with van der Waals surface area (Å²) in [5, 5.41) is 0.977. The minimum Gasteiger partial charge on any atom is -0.333 e. The summed E-state index contributed by atoms with van der Waals surface area (Å²) in [5.41, 5.74) is 0.831. The first-order valence-electron chi connectivity index (χ1n) is 6.40. The molecule has 0 spiro atoms. The fourth-order valence-corrected chi connectivity index (χ4v) is 3.15. The van der Waals surface area contributed by atoms with E-state index in [0.717, 1.165) is 15.6 Å². The number of H-pyrrole nitrogens is 1. The van der Waals surface area contributed by atoms with Crippen molar-refractivity contribution >= 4 is 28.8 Å². The molecule has 1 N–H and O–H groups in total. The lowest BCUT2D eigenvalue weighted by Gasteiger charge is -2.24. The van der Waals surface area contributed by atoms with Crippen molar-refractivity contribution in [3.05, 3.63) is 48.8 Å². The highest BCUT2D eigenvalue weighted by molar-refractivity contribution is 7.11. The van der Waals surface area contributed by atoms with Crippen LogP contribution in [0.1, 0.15) is 38.9 Å². The van der Waals surface area contributed by atoms with Crippen LogP contribution in [0, 0.1) is 13.8 Å². The van der Waals surface area contributed by atoms with E-state index in [0.29, 0.717) is 5.56 Å². The average molecular weight is 326 g/mol. The van der Waals surface area contributed by atoms with E-state index in [-0.39, 0.29) is 17.0 Å². The molecule has 1 atom stereocenters. The molecule has 1 amide bonds. The number of amides is 1. The number of aryl methyl sites for hydroxylation is 2. The number of carbonyl (C=O) groups excluding carboxylic acids is 1. The highest BCUT2D eigenvalue weighted by atomic mass is 35.5. The molecule has 2 heterocycles. The Bertz CT molecular complexity index is 738. The van der Waals surface area contributed by atoms with Crippen LogP contribution in [0.15, 0.2) is 17.1 Å². The molecule has 0 fully saturated rings. The van der Waals surface area contributed by atoms with Crippen LogP contribution in [0.5, 0.6) is 0 Å². The Balaban J connectivity index is 2.28. The zero-order chi connectivity index (χ0) is 15.7. The summed E-state index contributed by atoms with van der Waals surface area (Å²) in [4.78, 5) is 33.3. The Morgan fingerprint density at radius 2 is 2.14 bits per heavy atom. The second kappa shape index (κ2) is 5.99. The summed E-state index contributed by atoms with van der Waals surface area (Å²) in [6.45, 7) is 5.86. The summed E-state index contributed by atoms with van der Waals surface area (Å²) in [6.07, 6.45) is 1.37. The maximum Gasteiger partial charge on any atom is 0.266 e. The van der Waals surface area contributed by atoms with Gasteiger partial charge in [0.2, 0.25) is 0 Å². The molecule has 0 aromatic carbocycles. The minimum absolute atomic E-state index is 0.00239. The number of halogens is 1. The molecule has 112 valence electrons. The molecule has 2 aromatic heterocycles. The maximum absolute atomic E-state index is 12.5. The maximum atomic E-state index is 12.5. The van der Waals surface area contributed by atoms with Crippen molar-refractivity contribution in [3.63, 3.8) is 0 Å². The third-order valence-electron chi connectivity index (χ3n) is 3.34. The Morgan fingerprint density at radius 3 is 2.67 bits per heavy atom. The number of thiazole rings is 1. The lowest BCUT2D eigenvalue weighted by molar-refractivity contribution is 0.0739. The average Bonchev–Trinajstić information content (AvgIpc) is 2.78. The summed E-state index contributed by atoms with van der Waals surface area (Å²) < 4.78 is 0. The van der Waals surface area contributed by atoms with Crippen LogP contribution in [0.25, 0.3) is 0 Å². The molecule has 0 aliphatic carbocycles. The zero-order valence-corrected chi connectivity index (χ0v) is 13.8. The van der Waals surface area contributed by atoms with Crippen LogP contribution in [-0.2, 0) is 0 Å². The topological polar surface area (TPSA) is 66.1 Å². The SMILES string of the molecule is Cc1nc(C(C)N(C)C(=O)c2c[nH]c(=O)c(Cl)c2)c(C)s1. The molecule has 0 saturated heterocycles. The van der Waals surface area contributed by atoms with Crippen molar-refractivity contribution in [1.29, 1.82) is 0 Å². The molecule has 0 aliphatic rings. The largest absolute Gasteiger partial charge is 0.333 e. The predicted molar refractivity (Wildman–Crippen MR) is 84.2 cm³/mol. The number of hydrogen-bond donors (Lipinski definition) is 1. The molecule has 0 aliphatic heterocycles. The summed E-state index contributed by atoms with van der Waals surface area (Å²) >= 11 is 7.37. The number of aromatic nitrogens is 2. The van der Waals surface area contributed by atoms with Gasteiger partial charge < -0.3 is 9.88 Å². The molecule has 2 aromatic rings. The first-order valence-corrected chi connectivity index (χ1v) is 7.60. The van der Waals surface area contributed by atoms with Crippen LogP contribution >= 0.6 is 22.9 Å². The second-order valence-electron chi connectivity index (χ2n) is 4.83. The molecule has 7 heteroatoms. The van der Waals surface area contributed by atoms with E-state index in [4.69, 9.17) is 11.6 Å². The fourth-order valence-electron chi connectivity index (χ4n) is 2.07. The monoisotopic (exact) mass is 325 g/mol. The molecule has 5 nitrogen and oxygen atoms in total. The van der Waals surface area contributed by atoms with Crippen molar-refractivity contribution in [2.75, 3.05) is 7.05 Å². The van der Waals surface area contributed by atoms with Gasteiger partial charge in [-0.3, -0.25) is 9.59 Å². The van der Waals surface area contributed by atoms with E-state index in [1.807, 2.05) is 20.8 Å². The first-order chi connectivity index (χ1) is 9.81. The molecular weight excluding hydrogens is 310 g/mol. The van der Waals surface area contributed by atoms with E-state index in [2.05, 4.69) is 9.97 Å². The molecule has 0 radical (unpaired) electrons. The molecule has 2 rings (SSSR count). The number of aromatic amines is 1. The van der Waals surface area contributed by atoms with Crippen molar-refractivity contribution in [2.24, 2.45) is 0 Å². The lowest BCUT2D eigenvalue weighted by atomic mass is 10.1. The van der Waals surface area contributed by atoms with Crippen LogP contribution in [-0.4, -0.2) is 27.8 Å². The van der Waals surface area contributed by atoms with Crippen molar-refractivity contribution in [3.8, 4) is 0 Å². The predicted octanol–water partition coefficient (Wildman–Crippen LogP) is 2.93. The van der Waals surface area contributed by atoms with E-state index in [1.165, 1.54) is 12.3 Å². The van der Waals surface area contributed by atoms with E-state index in [1.54, 1.807) is 23.3 Å². The molecule has 0 bridgehead atoms. The number of nitrogens with zero attached hydrogens (tertiary/aromatic N) is 2. The molecule has 0 saturated carbocycles. The van der Waals surface area contributed by atoms with Gasteiger partial charge >= 0.3 is 0 Å². The van der Waals surface area contributed by atoms with Gasteiger partial charge in [0, 0.05) is 18.1 Å². The Labute approximate surface area is 131 Å². The highest BCUT2D eigenvalue weighted by Crippen LogP contribution is 2.26. The van der Waals surface area contributed by atoms with Crippen molar-refractivity contribution in [2.45, 2.75) is 26.8 Å². The van der Waals surface area contributed by atoms with E-state index in [9.17, 15) is 9.59 Å². The van der Waals surface area contributed by atoms with Crippen LogP contribution in [0.2, 0.25) is 5.02 Å². The van der Waals surface area contributed by atoms with Gasteiger partial charge in [0.25, 0.3) is 11.5 Å². The highest BCUT2D eigenvalue weighted by Gasteiger charge is 2.23. The van der Waals surface area contributed by atoms with Gasteiger partial charge in [-0.15, -0.1) is 11.3 Å². The summed E-state index contributed by atoms with van der Waals surface area (Å²) in [5.74, 6) is -0.217.